The van der Waals surface area contributed by atoms with Crippen molar-refractivity contribution in [1.29, 1.82) is 0 Å². The summed E-state index contributed by atoms with van der Waals surface area (Å²) >= 11 is 1.36. The molecule has 1 heterocycles. The molecule has 126 valence electrons. The Hall–Kier alpha value is -2.47. The lowest BCUT2D eigenvalue weighted by atomic mass is 10.3. The Morgan fingerprint density at radius 2 is 2.04 bits per heavy atom. The lowest BCUT2D eigenvalue weighted by molar-refractivity contribution is -0.117. The predicted octanol–water partition coefficient (Wildman–Crippen LogP) is 3.76. The first-order valence-electron chi connectivity index (χ1n) is 7.89. The van der Waals surface area contributed by atoms with Crippen LogP contribution in [0.15, 0.2) is 41.8 Å². The molecule has 0 saturated heterocycles. The number of nitrogens with zero attached hydrogens (tertiary/aromatic N) is 2. The number of anilines is 2. The molecule has 6 heteroatoms. The summed E-state index contributed by atoms with van der Waals surface area (Å²) in [6.45, 7) is 4.26. The van der Waals surface area contributed by atoms with Gasteiger partial charge in [0.05, 0.1) is 11.4 Å². The van der Waals surface area contributed by atoms with Crippen LogP contribution in [-0.2, 0) is 9.59 Å². The second-order valence-corrected chi connectivity index (χ2v) is 6.06. The number of amides is 2. The van der Waals surface area contributed by atoms with Gasteiger partial charge in [0.1, 0.15) is 0 Å². The number of thiazole rings is 1. The van der Waals surface area contributed by atoms with Crippen molar-refractivity contribution in [2.24, 2.45) is 0 Å². The monoisotopic (exact) mass is 343 g/mol. The molecule has 1 N–H and O–H groups in total. The zero-order chi connectivity index (χ0) is 17.4. The van der Waals surface area contributed by atoms with Gasteiger partial charge in [-0.05, 0) is 24.6 Å². The van der Waals surface area contributed by atoms with Gasteiger partial charge < -0.3 is 5.32 Å². The van der Waals surface area contributed by atoms with Crippen LogP contribution in [0.1, 0.15) is 32.4 Å². The zero-order valence-electron chi connectivity index (χ0n) is 13.9. The van der Waals surface area contributed by atoms with Crippen molar-refractivity contribution in [2.75, 3.05) is 11.4 Å². The Labute approximate surface area is 146 Å². The molecule has 0 aliphatic heterocycles. The van der Waals surface area contributed by atoms with E-state index in [2.05, 4.69) is 17.2 Å². The number of hydrogen-bond donors (Lipinski definition) is 1. The number of unbranched alkanes of at least 4 members (excludes halogenated alkanes) is 1. The molecule has 1 aromatic heterocycles. The Balaban J connectivity index is 2.08. The second-order valence-electron chi connectivity index (χ2n) is 5.22. The molecule has 0 aliphatic rings. The zero-order valence-corrected chi connectivity index (χ0v) is 14.7. The minimum atomic E-state index is -0.135. The number of carbonyl (C=O) groups excluding carboxylic acids is 2. The number of para-hydroxylation sites is 1. The summed E-state index contributed by atoms with van der Waals surface area (Å²) in [5.74, 6) is -0.243. The highest BCUT2D eigenvalue weighted by Gasteiger charge is 2.17. The first-order chi connectivity index (χ1) is 11.6. The van der Waals surface area contributed by atoms with Crippen molar-refractivity contribution in [2.45, 2.75) is 26.7 Å². The molecular formula is C18H21N3O2S. The van der Waals surface area contributed by atoms with Crippen LogP contribution in [0.5, 0.6) is 0 Å². The molecule has 1 aromatic carbocycles. The van der Waals surface area contributed by atoms with Gasteiger partial charge in [0.25, 0.3) is 0 Å². The average molecular weight is 343 g/mol. The number of nitrogens with one attached hydrogen (secondary N) is 1. The van der Waals surface area contributed by atoms with Crippen molar-refractivity contribution in [3.05, 3.63) is 47.5 Å². The number of aromatic nitrogens is 1. The van der Waals surface area contributed by atoms with Crippen molar-refractivity contribution in [3.63, 3.8) is 0 Å². The van der Waals surface area contributed by atoms with E-state index in [1.54, 1.807) is 11.0 Å². The van der Waals surface area contributed by atoms with E-state index in [-0.39, 0.29) is 11.8 Å². The molecule has 2 aromatic rings. The molecule has 0 aliphatic carbocycles. The Morgan fingerprint density at radius 3 is 2.71 bits per heavy atom. The third kappa shape index (κ3) is 5.03. The molecule has 5 nitrogen and oxygen atoms in total. The largest absolute Gasteiger partial charge is 0.353 e. The third-order valence-electron chi connectivity index (χ3n) is 3.27. The van der Waals surface area contributed by atoms with Gasteiger partial charge in [0.15, 0.2) is 5.13 Å². The summed E-state index contributed by atoms with van der Waals surface area (Å²) in [4.78, 5) is 29.6. The number of carbonyl (C=O) groups is 2. The van der Waals surface area contributed by atoms with Crippen LogP contribution in [-0.4, -0.2) is 23.3 Å². The first-order valence-corrected chi connectivity index (χ1v) is 8.77. The fourth-order valence-electron chi connectivity index (χ4n) is 2.07. The highest BCUT2D eigenvalue weighted by Crippen LogP contribution is 2.28. The van der Waals surface area contributed by atoms with Gasteiger partial charge in [-0.3, -0.25) is 14.5 Å². The summed E-state index contributed by atoms with van der Waals surface area (Å²) in [5.41, 5.74) is 1.43. The van der Waals surface area contributed by atoms with Crippen LogP contribution >= 0.6 is 11.3 Å². The van der Waals surface area contributed by atoms with Crippen LogP contribution in [0.2, 0.25) is 0 Å². The third-order valence-corrected chi connectivity index (χ3v) is 4.11. The average Bonchev–Trinajstić information content (AvgIpc) is 3.02. The molecule has 0 radical (unpaired) electrons. The van der Waals surface area contributed by atoms with E-state index in [0.29, 0.717) is 17.4 Å². The van der Waals surface area contributed by atoms with E-state index in [9.17, 15) is 9.59 Å². The van der Waals surface area contributed by atoms with Gasteiger partial charge in [-0.2, -0.15) is 0 Å². The molecule has 0 unspecified atom stereocenters. The van der Waals surface area contributed by atoms with E-state index < -0.39 is 0 Å². The highest BCUT2D eigenvalue weighted by atomic mass is 32.1. The van der Waals surface area contributed by atoms with Crippen molar-refractivity contribution < 1.29 is 9.59 Å². The minimum absolute atomic E-state index is 0.108. The van der Waals surface area contributed by atoms with Gasteiger partial charge in [-0.15, -0.1) is 11.3 Å². The Kier molecular flexibility index (Phi) is 6.69. The van der Waals surface area contributed by atoms with E-state index in [4.69, 9.17) is 0 Å². The van der Waals surface area contributed by atoms with Crippen molar-refractivity contribution in [1.82, 2.24) is 10.3 Å². The van der Waals surface area contributed by atoms with Crippen molar-refractivity contribution >= 4 is 40.0 Å². The van der Waals surface area contributed by atoms with E-state index in [0.717, 1.165) is 18.5 Å². The van der Waals surface area contributed by atoms with Crippen LogP contribution in [0.25, 0.3) is 6.08 Å². The quantitative estimate of drug-likeness (QED) is 0.615. The number of benzene rings is 1. The highest BCUT2D eigenvalue weighted by molar-refractivity contribution is 7.14. The fourth-order valence-corrected chi connectivity index (χ4v) is 2.92. The lowest BCUT2D eigenvalue weighted by Crippen LogP contribution is -2.22. The number of hydrogen-bond acceptors (Lipinski definition) is 4. The predicted molar refractivity (Wildman–Crippen MR) is 98.3 cm³/mol. The van der Waals surface area contributed by atoms with Gasteiger partial charge in [0.2, 0.25) is 11.8 Å². The molecule has 24 heavy (non-hydrogen) atoms. The van der Waals surface area contributed by atoms with Gasteiger partial charge in [-0.25, -0.2) is 4.98 Å². The van der Waals surface area contributed by atoms with Gasteiger partial charge >= 0.3 is 0 Å². The summed E-state index contributed by atoms with van der Waals surface area (Å²) in [6.07, 6.45) is 5.13. The van der Waals surface area contributed by atoms with E-state index in [1.165, 1.54) is 24.3 Å². The van der Waals surface area contributed by atoms with Gasteiger partial charge in [0, 0.05) is 24.9 Å². The van der Waals surface area contributed by atoms with E-state index in [1.807, 2.05) is 35.7 Å². The molecule has 2 amide bonds. The Bertz CT molecular complexity index is 710. The number of rotatable bonds is 7. The SMILES string of the molecule is CCCCNC(=O)/C=C/c1csc(N(C(C)=O)c2ccccc2)n1. The maximum Gasteiger partial charge on any atom is 0.244 e. The van der Waals surface area contributed by atoms with Crippen LogP contribution in [0.4, 0.5) is 10.8 Å². The molecule has 0 fully saturated rings. The molecule has 0 bridgehead atoms. The van der Waals surface area contributed by atoms with Crippen LogP contribution in [0, 0.1) is 0 Å². The molecular weight excluding hydrogens is 322 g/mol. The van der Waals surface area contributed by atoms with Crippen molar-refractivity contribution in [3.8, 4) is 0 Å². The maximum absolute atomic E-state index is 12.0. The molecule has 2 rings (SSSR count). The molecule has 0 saturated carbocycles. The first kappa shape index (κ1) is 17.9. The molecule has 0 spiro atoms. The summed E-state index contributed by atoms with van der Waals surface area (Å²) in [5, 5.41) is 5.22. The van der Waals surface area contributed by atoms with E-state index >= 15 is 0 Å². The minimum Gasteiger partial charge on any atom is -0.353 e. The summed E-state index contributed by atoms with van der Waals surface area (Å²) in [7, 11) is 0. The topological polar surface area (TPSA) is 62.3 Å². The standard InChI is InChI=1S/C18H21N3O2S/c1-3-4-12-19-17(23)11-10-15-13-24-18(20-15)21(14(2)22)16-8-6-5-7-9-16/h5-11,13H,3-4,12H2,1-2H3,(H,19,23)/b11-10+. The fraction of sp³-hybridized carbons (Fsp3) is 0.278. The maximum atomic E-state index is 12.0. The normalized spacial score (nSPS) is 10.8. The smallest absolute Gasteiger partial charge is 0.244 e. The van der Waals surface area contributed by atoms with Crippen LogP contribution in [0.3, 0.4) is 0 Å². The summed E-state index contributed by atoms with van der Waals surface area (Å²) in [6, 6.07) is 9.37. The Morgan fingerprint density at radius 1 is 1.29 bits per heavy atom. The molecule has 0 atom stereocenters. The lowest BCUT2D eigenvalue weighted by Gasteiger charge is -2.17. The second kappa shape index (κ2) is 8.98. The van der Waals surface area contributed by atoms with Crippen LogP contribution < -0.4 is 10.2 Å². The summed E-state index contributed by atoms with van der Waals surface area (Å²) < 4.78 is 0. The van der Waals surface area contributed by atoms with Gasteiger partial charge in [-0.1, -0.05) is 31.5 Å².